The fraction of sp³-hybridized carbons (Fsp3) is 0.0769. The van der Waals surface area contributed by atoms with Gasteiger partial charge in [0.05, 0.1) is 18.4 Å². The molecule has 0 unspecified atom stereocenters. The molecular weight excluding hydrogens is 234 g/mol. The van der Waals surface area contributed by atoms with Crippen LogP contribution < -0.4 is 10.3 Å². The Morgan fingerprint density at radius 2 is 2.00 bits per heavy atom. The number of hydrogen-bond donors (Lipinski definition) is 2. The molecule has 92 valence electrons. The summed E-state index contributed by atoms with van der Waals surface area (Å²) in [5.74, 6) is -0.576. The Labute approximate surface area is 103 Å². The molecule has 0 saturated carbocycles. The maximum absolute atomic E-state index is 11.4. The highest BCUT2D eigenvalue weighted by Crippen LogP contribution is 2.27. The number of ether oxygens (including phenoxy) is 1. The monoisotopic (exact) mass is 245 g/mol. The van der Waals surface area contributed by atoms with Crippen molar-refractivity contribution in [3.63, 3.8) is 0 Å². The molecule has 2 aromatic rings. The van der Waals surface area contributed by atoms with Crippen LogP contribution in [0.5, 0.6) is 5.75 Å². The molecule has 0 spiro atoms. The third kappa shape index (κ3) is 2.24. The number of carbonyl (C=O) groups is 1. The van der Waals surface area contributed by atoms with Crippen molar-refractivity contribution in [2.75, 3.05) is 7.11 Å². The number of rotatable bonds is 3. The first kappa shape index (κ1) is 11.9. The van der Waals surface area contributed by atoms with Crippen molar-refractivity contribution >= 4 is 5.97 Å². The average Bonchev–Trinajstić information content (AvgIpc) is 2.38. The quantitative estimate of drug-likeness (QED) is 0.863. The summed E-state index contributed by atoms with van der Waals surface area (Å²) in [4.78, 5) is 24.9. The standard InChI is InChI=1S/C13H11NO4/c1-18-11-5-3-2-4-9(11)10-6-8(13(16)17)7-12(15)14-10/h2-7H,1H3,(H,14,15)(H,16,17). The minimum absolute atomic E-state index is 0.0559. The van der Waals surface area contributed by atoms with Gasteiger partial charge in [0.1, 0.15) is 5.75 Å². The molecule has 0 aliphatic rings. The number of carboxylic acid groups (broad SMARTS) is 1. The van der Waals surface area contributed by atoms with Crippen LogP contribution >= 0.6 is 0 Å². The summed E-state index contributed by atoms with van der Waals surface area (Å²) in [6.07, 6.45) is 0. The van der Waals surface area contributed by atoms with E-state index < -0.39 is 11.5 Å². The summed E-state index contributed by atoms with van der Waals surface area (Å²) in [6.45, 7) is 0. The van der Waals surface area contributed by atoms with Gasteiger partial charge in [0.25, 0.3) is 0 Å². The molecule has 0 radical (unpaired) electrons. The van der Waals surface area contributed by atoms with Crippen LogP contribution in [0.15, 0.2) is 41.2 Å². The van der Waals surface area contributed by atoms with Gasteiger partial charge in [-0.25, -0.2) is 4.79 Å². The van der Waals surface area contributed by atoms with Crippen LogP contribution in [-0.4, -0.2) is 23.2 Å². The summed E-state index contributed by atoms with van der Waals surface area (Å²) >= 11 is 0. The Balaban J connectivity index is 2.64. The van der Waals surface area contributed by atoms with Crippen molar-refractivity contribution in [3.05, 3.63) is 52.3 Å². The number of methoxy groups -OCH3 is 1. The maximum Gasteiger partial charge on any atom is 0.335 e. The lowest BCUT2D eigenvalue weighted by Gasteiger charge is -2.08. The number of H-pyrrole nitrogens is 1. The highest BCUT2D eigenvalue weighted by molar-refractivity contribution is 5.89. The van der Waals surface area contributed by atoms with E-state index in [1.54, 1.807) is 24.3 Å². The first-order valence-electron chi connectivity index (χ1n) is 5.23. The minimum atomic E-state index is -1.14. The zero-order chi connectivity index (χ0) is 13.1. The number of aromatic carboxylic acids is 1. The van der Waals surface area contributed by atoms with E-state index in [0.717, 1.165) is 6.07 Å². The number of aromatic amines is 1. The van der Waals surface area contributed by atoms with E-state index in [1.807, 2.05) is 0 Å². The molecule has 1 aromatic heterocycles. The molecule has 0 aliphatic carbocycles. The first-order valence-corrected chi connectivity index (χ1v) is 5.23. The van der Waals surface area contributed by atoms with E-state index in [2.05, 4.69) is 4.98 Å². The molecule has 2 N–H and O–H groups in total. The van der Waals surface area contributed by atoms with E-state index >= 15 is 0 Å². The average molecular weight is 245 g/mol. The fourth-order valence-electron chi connectivity index (χ4n) is 1.68. The Morgan fingerprint density at radius 1 is 1.28 bits per heavy atom. The Bertz CT molecular complexity index is 645. The van der Waals surface area contributed by atoms with Gasteiger partial charge in [0.15, 0.2) is 0 Å². The molecular formula is C13H11NO4. The summed E-state index contributed by atoms with van der Waals surface area (Å²) < 4.78 is 5.17. The van der Waals surface area contributed by atoms with E-state index in [9.17, 15) is 9.59 Å². The SMILES string of the molecule is COc1ccccc1-c1cc(C(=O)O)cc(=O)[nH]1. The molecule has 0 fully saturated rings. The predicted octanol–water partition coefficient (Wildman–Crippen LogP) is 1.75. The molecule has 0 atom stereocenters. The van der Waals surface area contributed by atoms with Gasteiger partial charge in [-0.15, -0.1) is 0 Å². The Morgan fingerprint density at radius 3 is 2.67 bits per heavy atom. The van der Waals surface area contributed by atoms with Crippen LogP contribution in [0.2, 0.25) is 0 Å². The summed E-state index contributed by atoms with van der Waals surface area (Å²) in [6, 6.07) is 9.50. The van der Waals surface area contributed by atoms with Crippen molar-refractivity contribution in [3.8, 4) is 17.0 Å². The molecule has 5 heteroatoms. The van der Waals surface area contributed by atoms with Crippen LogP contribution in [0.3, 0.4) is 0 Å². The second kappa shape index (κ2) is 4.75. The molecule has 0 amide bonds. The largest absolute Gasteiger partial charge is 0.496 e. The number of nitrogens with one attached hydrogen (secondary N) is 1. The van der Waals surface area contributed by atoms with Gasteiger partial charge in [0.2, 0.25) is 5.56 Å². The number of aromatic nitrogens is 1. The molecule has 18 heavy (non-hydrogen) atoms. The zero-order valence-electron chi connectivity index (χ0n) is 9.64. The normalized spacial score (nSPS) is 10.1. The van der Waals surface area contributed by atoms with Crippen molar-refractivity contribution in [1.29, 1.82) is 0 Å². The van der Waals surface area contributed by atoms with E-state index in [-0.39, 0.29) is 5.56 Å². The topological polar surface area (TPSA) is 79.4 Å². The van der Waals surface area contributed by atoms with E-state index in [1.165, 1.54) is 13.2 Å². The number of para-hydroxylation sites is 1. The number of benzene rings is 1. The molecule has 2 rings (SSSR count). The highest BCUT2D eigenvalue weighted by Gasteiger charge is 2.10. The summed E-state index contributed by atoms with van der Waals surface area (Å²) in [5.41, 5.74) is 0.535. The van der Waals surface area contributed by atoms with Gasteiger partial charge in [-0.1, -0.05) is 12.1 Å². The number of pyridine rings is 1. The number of carboxylic acids is 1. The lowest BCUT2D eigenvalue weighted by Crippen LogP contribution is -2.10. The predicted molar refractivity (Wildman–Crippen MR) is 66.0 cm³/mol. The molecule has 0 saturated heterocycles. The minimum Gasteiger partial charge on any atom is -0.496 e. The van der Waals surface area contributed by atoms with Gasteiger partial charge in [-0.3, -0.25) is 4.79 Å². The van der Waals surface area contributed by atoms with Gasteiger partial charge >= 0.3 is 5.97 Å². The van der Waals surface area contributed by atoms with Crippen molar-refractivity contribution in [1.82, 2.24) is 4.98 Å². The van der Waals surface area contributed by atoms with Crippen LogP contribution in [-0.2, 0) is 0 Å². The Hall–Kier alpha value is -2.56. The van der Waals surface area contributed by atoms with Crippen molar-refractivity contribution in [2.45, 2.75) is 0 Å². The summed E-state index contributed by atoms with van der Waals surface area (Å²) in [5, 5.41) is 8.92. The van der Waals surface area contributed by atoms with Crippen LogP contribution in [0.1, 0.15) is 10.4 Å². The van der Waals surface area contributed by atoms with Gasteiger partial charge < -0.3 is 14.8 Å². The second-order valence-corrected chi connectivity index (χ2v) is 3.65. The maximum atomic E-state index is 11.4. The third-order valence-corrected chi connectivity index (χ3v) is 2.49. The Kier molecular flexibility index (Phi) is 3.14. The molecule has 1 heterocycles. The number of hydrogen-bond acceptors (Lipinski definition) is 3. The van der Waals surface area contributed by atoms with Gasteiger partial charge in [-0.2, -0.15) is 0 Å². The summed E-state index contributed by atoms with van der Waals surface area (Å²) in [7, 11) is 1.51. The zero-order valence-corrected chi connectivity index (χ0v) is 9.64. The van der Waals surface area contributed by atoms with Crippen molar-refractivity contribution in [2.24, 2.45) is 0 Å². The smallest absolute Gasteiger partial charge is 0.335 e. The lowest BCUT2D eigenvalue weighted by atomic mass is 10.1. The van der Waals surface area contributed by atoms with Crippen LogP contribution in [0.4, 0.5) is 0 Å². The fourth-order valence-corrected chi connectivity index (χ4v) is 1.68. The molecule has 0 aliphatic heterocycles. The van der Waals surface area contributed by atoms with Crippen LogP contribution in [0, 0.1) is 0 Å². The third-order valence-electron chi connectivity index (χ3n) is 2.49. The lowest BCUT2D eigenvalue weighted by molar-refractivity contribution is 0.0696. The van der Waals surface area contributed by atoms with Crippen molar-refractivity contribution < 1.29 is 14.6 Å². The van der Waals surface area contributed by atoms with Gasteiger partial charge in [-0.05, 0) is 18.2 Å². The second-order valence-electron chi connectivity index (χ2n) is 3.65. The molecule has 1 aromatic carbocycles. The highest BCUT2D eigenvalue weighted by atomic mass is 16.5. The van der Waals surface area contributed by atoms with E-state index in [4.69, 9.17) is 9.84 Å². The first-order chi connectivity index (χ1) is 8.61. The van der Waals surface area contributed by atoms with E-state index in [0.29, 0.717) is 17.0 Å². The van der Waals surface area contributed by atoms with Crippen LogP contribution in [0.25, 0.3) is 11.3 Å². The molecule has 0 bridgehead atoms. The molecule has 5 nitrogen and oxygen atoms in total. The van der Waals surface area contributed by atoms with Gasteiger partial charge in [0, 0.05) is 11.6 Å².